The van der Waals surface area contributed by atoms with Gasteiger partial charge < -0.3 is 19.8 Å². The first-order chi connectivity index (χ1) is 30.5. The topological polar surface area (TPSA) is 105 Å². The second-order valence-corrected chi connectivity index (χ2v) is 19.3. The number of phosphoric acid groups is 1. The third-order valence-electron chi connectivity index (χ3n) is 10.6. The number of allylic oxidation sites excluding steroid dienone is 15. The van der Waals surface area contributed by atoms with Crippen molar-refractivity contribution in [3.8, 4) is 0 Å². The van der Waals surface area contributed by atoms with Gasteiger partial charge in [-0.2, -0.15) is 0 Å². The Balaban J connectivity index is 4.27. The Bertz CT molecular complexity index is 1340. The number of nitrogens with zero attached hydrogens (tertiary/aromatic N) is 1. The minimum Gasteiger partial charge on any atom is -0.387 e. The molecular formula is C54H96N2O6P+. The fourth-order valence-corrected chi connectivity index (χ4v) is 7.34. The van der Waals surface area contributed by atoms with Gasteiger partial charge in [-0.3, -0.25) is 13.8 Å². The first kappa shape index (κ1) is 60.4. The van der Waals surface area contributed by atoms with Crippen LogP contribution >= 0.6 is 7.82 Å². The van der Waals surface area contributed by atoms with Gasteiger partial charge in [0.1, 0.15) is 13.2 Å². The van der Waals surface area contributed by atoms with E-state index in [-0.39, 0.29) is 19.1 Å². The molecular weight excluding hydrogens is 804 g/mol. The van der Waals surface area contributed by atoms with Crippen LogP contribution in [0.1, 0.15) is 187 Å². The second kappa shape index (κ2) is 44.6. The highest BCUT2D eigenvalue weighted by atomic mass is 31.2. The molecule has 0 rings (SSSR count). The van der Waals surface area contributed by atoms with Gasteiger partial charge in [0.15, 0.2) is 0 Å². The molecule has 63 heavy (non-hydrogen) atoms. The molecule has 1 amide bonds. The van der Waals surface area contributed by atoms with Gasteiger partial charge in [0.2, 0.25) is 5.91 Å². The Morgan fingerprint density at radius 1 is 0.556 bits per heavy atom. The molecule has 8 nitrogen and oxygen atoms in total. The average Bonchev–Trinajstić information content (AvgIpc) is 3.24. The molecule has 0 radical (unpaired) electrons. The summed E-state index contributed by atoms with van der Waals surface area (Å²) in [5.41, 5.74) is 0. The number of likely N-dealkylation sites (N-methyl/N-ethyl adjacent to an activating group) is 1. The number of unbranched alkanes of at least 4 members (excludes halogenated alkanes) is 17. The molecule has 0 saturated heterocycles. The van der Waals surface area contributed by atoms with Crippen molar-refractivity contribution >= 4 is 13.7 Å². The lowest BCUT2D eigenvalue weighted by Crippen LogP contribution is -2.45. The predicted octanol–water partition coefficient (Wildman–Crippen LogP) is 14.7. The first-order valence-corrected chi connectivity index (χ1v) is 26.6. The zero-order chi connectivity index (χ0) is 46.4. The number of phosphoric ester groups is 1. The Hall–Kier alpha value is -2.58. The normalized spacial score (nSPS) is 15.0. The fraction of sp³-hybridized carbons (Fsp3) is 0.685. The van der Waals surface area contributed by atoms with Crippen molar-refractivity contribution in [2.45, 2.75) is 199 Å². The minimum atomic E-state index is -4.35. The van der Waals surface area contributed by atoms with Gasteiger partial charge in [-0.25, -0.2) is 4.57 Å². The molecule has 0 aliphatic carbocycles. The van der Waals surface area contributed by atoms with Crippen LogP contribution in [0.15, 0.2) is 97.2 Å². The number of quaternary nitrogens is 1. The molecule has 0 aromatic rings. The molecule has 0 aromatic carbocycles. The van der Waals surface area contributed by atoms with Crippen LogP contribution in [-0.2, 0) is 18.4 Å². The lowest BCUT2D eigenvalue weighted by molar-refractivity contribution is -0.870. The van der Waals surface area contributed by atoms with Crippen molar-refractivity contribution in [3.05, 3.63) is 97.2 Å². The Morgan fingerprint density at radius 2 is 0.952 bits per heavy atom. The molecule has 0 aliphatic heterocycles. The summed E-state index contributed by atoms with van der Waals surface area (Å²) in [6, 6.07) is -0.858. The van der Waals surface area contributed by atoms with E-state index in [9.17, 15) is 19.4 Å². The summed E-state index contributed by atoms with van der Waals surface area (Å²) in [6.45, 7) is 4.66. The average molecular weight is 900 g/mol. The summed E-state index contributed by atoms with van der Waals surface area (Å²) in [7, 11) is 1.55. The van der Waals surface area contributed by atoms with Gasteiger partial charge in [0, 0.05) is 6.42 Å². The highest BCUT2D eigenvalue weighted by Gasteiger charge is 2.27. The summed E-state index contributed by atoms with van der Waals surface area (Å²) >= 11 is 0. The van der Waals surface area contributed by atoms with Crippen LogP contribution in [0.4, 0.5) is 0 Å². The number of carbonyl (C=O) groups excluding carboxylic acids is 1. The summed E-state index contributed by atoms with van der Waals surface area (Å²) in [5.74, 6) is -0.194. The van der Waals surface area contributed by atoms with Crippen molar-refractivity contribution in [3.63, 3.8) is 0 Å². The highest BCUT2D eigenvalue weighted by Crippen LogP contribution is 2.43. The van der Waals surface area contributed by atoms with E-state index < -0.39 is 20.0 Å². The van der Waals surface area contributed by atoms with E-state index in [1.54, 1.807) is 6.08 Å². The monoisotopic (exact) mass is 900 g/mol. The lowest BCUT2D eigenvalue weighted by Gasteiger charge is -2.25. The molecule has 3 atom stereocenters. The maximum Gasteiger partial charge on any atom is 0.472 e. The van der Waals surface area contributed by atoms with Crippen molar-refractivity contribution in [2.75, 3.05) is 40.9 Å². The number of aliphatic hydroxyl groups excluding tert-OH is 1. The maximum absolute atomic E-state index is 12.9. The van der Waals surface area contributed by atoms with E-state index in [1.807, 2.05) is 27.2 Å². The summed E-state index contributed by atoms with van der Waals surface area (Å²) in [6.07, 6.45) is 63.4. The Kier molecular flexibility index (Phi) is 42.8. The van der Waals surface area contributed by atoms with Crippen LogP contribution in [0.5, 0.6) is 0 Å². The zero-order valence-electron chi connectivity index (χ0n) is 41.0. The van der Waals surface area contributed by atoms with E-state index in [0.717, 1.165) is 96.3 Å². The van der Waals surface area contributed by atoms with Gasteiger partial charge in [0.25, 0.3) is 0 Å². The zero-order valence-corrected chi connectivity index (χ0v) is 41.9. The fourth-order valence-electron chi connectivity index (χ4n) is 6.61. The predicted molar refractivity (Wildman–Crippen MR) is 272 cm³/mol. The molecule has 362 valence electrons. The van der Waals surface area contributed by atoms with Crippen molar-refractivity contribution in [1.82, 2.24) is 5.32 Å². The van der Waals surface area contributed by atoms with Gasteiger partial charge >= 0.3 is 7.82 Å². The van der Waals surface area contributed by atoms with Gasteiger partial charge in [0.05, 0.1) is 39.9 Å². The van der Waals surface area contributed by atoms with Crippen LogP contribution in [-0.4, -0.2) is 73.4 Å². The van der Waals surface area contributed by atoms with Gasteiger partial charge in [-0.15, -0.1) is 0 Å². The van der Waals surface area contributed by atoms with Crippen LogP contribution in [0.2, 0.25) is 0 Å². The van der Waals surface area contributed by atoms with E-state index in [4.69, 9.17) is 9.05 Å². The molecule has 0 bridgehead atoms. The van der Waals surface area contributed by atoms with E-state index >= 15 is 0 Å². The van der Waals surface area contributed by atoms with Crippen molar-refractivity contribution < 1.29 is 32.9 Å². The summed E-state index contributed by atoms with van der Waals surface area (Å²) in [4.78, 5) is 23.2. The van der Waals surface area contributed by atoms with Crippen LogP contribution in [0.3, 0.4) is 0 Å². The standard InChI is InChI=1S/C54H95N2O6P/c1-6-8-10-12-14-16-18-20-21-22-23-24-25-26-27-28-29-30-31-32-33-34-35-36-38-40-42-44-46-48-54(58)55-52(51-62-63(59,60)61-50-49-56(3,4)5)53(57)47-45-43-41-39-37-19-17-15-13-11-9-7-2/h8,10,14,16,20-21,23-24,26-27,29-30,32-33,45,47,52-53,57H,6-7,9,11-13,15,17-19,22,25,28,31,34-44,46,48-51H2,1-5H3,(H-,55,58,59,60)/p+1/b10-8-,16-14-,21-20-,24-23-,27-26-,30-29-,33-32-,47-45+. The van der Waals surface area contributed by atoms with E-state index in [2.05, 4.69) is 104 Å². The molecule has 9 heteroatoms. The number of hydrogen-bond acceptors (Lipinski definition) is 5. The molecule has 0 fully saturated rings. The van der Waals surface area contributed by atoms with Gasteiger partial charge in [-0.1, -0.05) is 201 Å². The number of rotatable bonds is 44. The Morgan fingerprint density at radius 3 is 1.40 bits per heavy atom. The van der Waals surface area contributed by atoms with Crippen molar-refractivity contribution in [1.29, 1.82) is 0 Å². The molecule has 0 spiro atoms. The smallest absolute Gasteiger partial charge is 0.387 e. The third-order valence-corrected chi connectivity index (χ3v) is 11.5. The van der Waals surface area contributed by atoms with Crippen LogP contribution < -0.4 is 5.32 Å². The largest absolute Gasteiger partial charge is 0.472 e. The second-order valence-electron chi connectivity index (χ2n) is 17.8. The Labute approximate surface area is 388 Å². The number of carbonyl (C=O) groups is 1. The number of nitrogens with one attached hydrogen (secondary N) is 1. The molecule has 0 heterocycles. The van der Waals surface area contributed by atoms with E-state index in [0.29, 0.717) is 17.4 Å². The number of aliphatic hydroxyl groups is 1. The summed E-state index contributed by atoms with van der Waals surface area (Å²) in [5, 5.41) is 13.8. The highest BCUT2D eigenvalue weighted by molar-refractivity contribution is 7.47. The van der Waals surface area contributed by atoms with Gasteiger partial charge in [-0.05, 0) is 77.0 Å². The maximum atomic E-state index is 12.9. The molecule has 3 N–H and O–H groups in total. The molecule has 0 aliphatic rings. The van der Waals surface area contributed by atoms with E-state index in [1.165, 1.54) is 70.6 Å². The summed E-state index contributed by atoms with van der Waals surface area (Å²) < 4.78 is 23.6. The molecule has 0 saturated carbocycles. The number of hydrogen-bond donors (Lipinski definition) is 3. The minimum absolute atomic E-state index is 0.0540. The van der Waals surface area contributed by atoms with Crippen LogP contribution in [0.25, 0.3) is 0 Å². The number of amides is 1. The molecule has 0 aromatic heterocycles. The lowest BCUT2D eigenvalue weighted by atomic mass is 10.1. The SMILES string of the molecule is CC/C=C\C/C=C\C/C=C\C/C=C\C/C=C\C/C=C\C/C=C\CCCCCCCCCC(=O)NC(COP(=O)(O)OCC[N+](C)(C)C)C(O)/C=C/CCCCCCCCCCCC. The van der Waals surface area contributed by atoms with Crippen LogP contribution in [0, 0.1) is 0 Å². The first-order valence-electron chi connectivity index (χ1n) is 25.1. The molecule has 3 unspecified atom stereocenters. The van der Waals surface area contributed by atoms with Crippen molar-refractivity contribution in [2.24, 2.45) is 0 Å². The third kappa shape index (κ3) is 47.2. The quantitative estimate of drug-likeness (QED) is 0.0243.